The summed E-state index contributed by atoms with van der Waals surface area (Å²) in [4.78, 5) is 34.3. The number of carbonyl (C=O) groups excluding carboxylic acids is 2. The third-order valence-corrected chi connectivity index (χ3v) is 3.78. The van der Waals surface area contributed by atoms with Gasteiger partial charge in [0, 0.05) is 13.6 Å². The van der Waals surface area contributed by atoms with E-state index in [0.29, 0.717) is 11.0 Å². The average Bonchev–Trinajstić information content (AvgIpc) is 2.42. The number of rotatable bonds is 3. The van der Waals surface area contributed by atoms with Crippen LogP contribution in [0.15, 0.2) is 5.16 Å². The second-order valence-corrected chi connectivity index (χ2v) is 5.38. The smallest absolute Gasteiger partial charge is 0.318 e. The molecule has 2 rings (SSSR count). The van der Waals surface area contributed by atoms with Crippen LogP contribution >= 0.6 is 23.4 Å². The molecule has 0 amide bonds. The minimum Gasteiger partial charge on any atom is -0.465 e. The lowest BCUT2D eigenvalue weighted by molar-refractivity contribution is -0.145. The Morgan fingerprint density at radius 3 is 2.85 bits per heavy atom. The molecule has 1 unspecified atom stereocenters. The molecule has 0 N–H and O–H groups in total. The number of esters is 1. The van der Waals surface area contributed by atoms with E-state index in [9.17, 15) is 9.59 Å². The molecule has 0 spiro atoms. The fourth-order valence-electron chi connectivity index (χ4n) is 2.02. The quantitative estimate of drug-likeness (QED) is 0.276. The summed E-state index contributed by atoms with van der Waals surface area (Å²) in [5.74, 6) is -1.34. The van der Waals surface area contributed by atoms with Crippen LogP contribution in [0.1, 0.15) is 17.3 Å². The number of hydrogen-bond donors (Lipinski definition) is 0. The molecule has 1 aliphatic heterocycles. The number of nitrogens with zero attached hydrogens (tertiary/aromatic N) is 3. The van der Waals surface area contributed by atoms with Crippen LogP contribution in [-0.2, 0) is 9.53 Å². The van der Waals surface area contributed by atoms with Crippen molar-refractivity contribution in [2.24, 2.45) is 5.92 Å². The number of anilines is 1. The van der Waals surface area contributed by atoms with Gasteiger partial charge in [-0.15, -0.1) is 0 Å². The van der Waals surface area contributed by atoms with Gasteiger partial charge in [0.1, 0.15) is 16.9 Å². The van der Waals surface area contributed by atoms with Gasteiger partial charge in [0.2, 0.25) is 0 Å². The Morgan fingerprint density at radius 2 is 2.25 bits per heavy atom. The number of thioether (sulfide) groups is 1. The second-order valence-electron chi connectivity index (χ2n) is 4.25. The number of hydrogen-bond acceptors (Lipinski definition) is 7. The summed E-state index contributed by atoms with van der Waals surface area (Å²) in [5.41, 5.74) is 0.191. The molecule has 0 saturated carbocycles. The van der Waals surface area contributed by atoms with Crippen molar-refractivity contribution in [3.63, 3.8) is 0 Å². The Labute approximate surface area is 125 Å². The van der Waals surface area contributed by atoms with E-state index < -0.39 is 11.9 Å². The molecule has 20 heavy (non-hydrogen) atoms. The van der Waals surface area contributed by atoms with Gasteiger partial charge in [-0.3, -0.25) is 9.59 Å². The van der Waals surface area contributed by atoms with E-state index in [1.807, 2.05) is 6.26 Å². The van der Waals surface area contributed by atoms with Gasteiger partial charge in [-0.05, 0) is 13.2 Å². The van der Waals surface area contributed by atoms with E-state index in [-0.39, 0.29) is 29.7 Å². The lowest BCUT2D eigenvalue weighted by Crippen LogP contribution is -2.42. The average molecular weight is 316 g/mol. The van der Waals surface area contributed by atoms with Crippen LogP contribution in [0, 0.1) is 5.92 Å². The van der Waals surface area contributed by atoms with Crippen LogP contribution in [-0.4, -0.2) is 48.2 Å². The molecule has 0 aliphatic carbocycles. The Morgan fingerprint density at radius 1 is 1.55 bits per heavy atom. The van der Waals surface area contributed by atoms with Crippen molar-refractivity contribution in [3.05, 3.63) is 10.7 Å². The molecule has 1 aromatic heterocycles. The van der Waals surface area contributed by atoms with Crippen LogP contribution in [0.25, 0.3) is 0 Å². The summed E-state index contributed by atoms with van der Waals surface area (Å²) in [6, 6.07) is 0. The first-order valence-corrected chi connectivity index (χ1v) is 7.63. The van der Waals surface area contributed by atoms with Gasteiger partial charge in [0.15, 0.2) is 10.9 Å². The highest BCUT2D eigenvalue weighted by Gasteiger charge is 2.39. The van der Waals surface area contributed by atoms with E-state index in [2.05, 4.69) is 9.97 Å². The van der Waals surface area contributed by atoms with E-state index in [4.69, 9.17) is 16.3 Å². The molecule has 0 radical (unpaired) electrons. The number of aromatic nitrogens is 2. The molecule has 108 valence electrons. The van der Waals surface area contributed by atoms with Crippen molar-refractivity contribution in [1.29, 1.82) is 0 Å². The first-order chi connectivity index (χ1) is 9.49. The molecule has 0 aromatic carbocycles. The van der Waals surface area contributed by atoms with Crippen molar-refractivity contribution in [2.45, 2.75) is 12.1 Å². The Hall–Kier alpha value is -1.34. The first-order valence-electron chi connectivity index (χ1n) is 6.03. The van der Waals surface area contributed by atoms with Crippen LogP contribution in [0.5, 0.6) is 0 Å². The summed E-state index contributed by atoms with van der Waals surface area (Å²) in [7, 11) is 1.75. The standard InChI is InChI=1S/C12H14ClN3O3S/c1-4-19-11(18)6-5-16(2)10-7(8(6)17)9(13)14-12(15-10)20-3/h6H,4-5H2,1-3H3. The maximum Gasteiger partial charge on any atom is 0.318 e. The SMILES string of the molecule is CCOC(=O)C1CN(C)c2nc(SC)nc(Cl)c2C1=O. The van der Waals surface area contributed by atoms with Crippen molar-refractivity contribution in [1.82, 2.24) is 9.97 Å². The van der Waals surface area contributed by atoms with Gasteiger partial charge in [0.25, 0.3) is 0 Å². The van der Waals surface area contributed by atoms with Gasteiger partial charge >= 0.3 is 5.97 Å². The van der Waals surface area contributed by atoms with E-state index in [0.717, 1.165) is 0 Å². The van der Waals surface area contributed by atoms with Crippen molar-refractivity contribution in [3.8, 4) is 0 Å². The fourth-order valence-corrected chi connectivity index (χ4v) is 2.69. The summed E-state index contributed by atoms with van der Waals surface area (Å²) < 4.78 is 4.93. The van der Waals surface area contributed by atoms with Gasteiger partial charge in [-0.25, -0.2) is 9.97 Å². The summed E-state index contributed by atoms with van der Waals surface area (Å²) >= 11 is 7.41. The number of ether oxygens (including phenoxy) is 1. The van der Waals surface area contributed by atoms with Gasteiger partial charge < -0.3 is 9.64 Å². The van der Waals surface area contributed by atoms with Crippen molar-refractivity contribution < 1.29 is 14.3 Å². The zero-order chi connectivity index (χ0) is 14.9. The lowest BCUT2D eigenvalue weighted by atomic mass is 9.94. The second kappa shape index (κ2) is 5.97. The third kappa shape index (κ3) is 2.60. The lowest BCUT2D eigenvalue weighted by Gasteiger charge is -2.30. The van der Waals surface area contributed by atoms with Gasteiger partial charge in [-0.2, -0.15) is 0 Å². The monoisotopic (exact) mass is 315 g/mol. The maximum atomic E-state index is 12.4. The zero-order valence-electron chi connectivity index (χ0n) is 11.3. The molecule has 0 fully saturated rings. The minimum atomic E-state index is -0.881. The Balaban J connectivity index is 2.45. The molecule has 1 aliphatic rings. The predicted molar refractivity (Wildman–Crippen MR) is 76.5 cm³/mol. The van der Waals surface area contributed by atoms with Crippen LogP contribution in [0.4, 0.5) is 5.82 Å². The molecular weight excluding hydrogens is 302 g/mol. The molecule has 0 saturated heterocycles. The Bertz CT molecular complexity index is 567. The van der Waals surface area contributed by atoms with Crippen LogP contribution in [0.3, 0.4) is 0 Å². The highest BCUT2D eigenvalue weighted by molar-refractivity contribution is 7.98. The summed E-state index contributed by atoms with van der Waals surface area (Å²) in [5, 5.41) is 0.563. The largest absolute Gasteiger partial charge is 0.465 e. The topological polar surface area (TPSA) is 72.4 Å². The third-order valence-electron chi connectivity index (χ3n) is 2.96. The number of Topliss-reactive ketones (excluding diaryl/α,β-unsaturated/α-hetero) is 1. The summed E-state index contributed by atoms with van der Waals surface area (Å²) in [6.07, 6.45) is 1.82. The van der Waals surface area contributed by atoms with E-state index in [1.54, 1.807) is 18.9 Å². The highest BCUT2D eigenvalue weighted by atomic mass is 35.5. The Kier molecular flexibility index (Phi) is 4.49. The highest BCUT2D eigenvalue weighted by Crippen LogP contribution is 2.33. The number of carbonyl (C=O) groups is 2. The van der Waals surface area contributed by atoms with Gasteiger partial charge in [0.05, 0.1) is 12.2 Å². The molecule has 2 heterocycles. The van der Waals surface area contributed by atoms with E-state index >= 15 is 0 Å². The number of fused-ring (bicyclic) bond motifs is 1. The molecule has 1 aromatic rings. The zero-order valence-corrected chi connectivity index (χ0v) is 12.9. The molecule has 8 heteroatoms. The summed E-state index contributed by atoms with van der Waals surface area (Å²) in [6.45, 7) is 2.16. The molecule has 6 nitrogen and oxygen atoms in total. The predicted octanol–water partition coefficient (Wildman–Crippen LogP) is 1.66. The van der Waals surface area contributed by atoms with Crippen molar-refractivity contribution in [2.75, 3.05) is 31.4 Å². The van der Waals surface area contributed by atoms with E-state index in [1.165, 1.54) is 11.8 Å². The molecular formula is C12H14ClN3O3S. The minimum absolute atomic E-state index is 0.0743. The number of ketones is 1. The van der Waals surface area contributed by atoms with Crippen LogP contribution < -0.4 is 4.90 Å². The van der Waals surface area contributed by atoms with Gasteiger partial charge in [-0.1, -0.05) is 23.4 Å². The maximum absolute atomic E-state index is 12.4. The first kappa shape index (κ1) is 15.1. The normalized spacial score (nSPS) is 17.9. The number of halogens is 1. The molecule has 0 bridgehead atoms. The van der Waals surface area contributed by atoms with Crippen molar-refractivity contribution >= 4 is 40.9 Å². The fraction of sp³-hybridized carbons (Fsp3) is 0.500. The van der Waals surface area contributed by atoms with Crippen LogP contribution in [0.2, 0.25) is 5.15 Å². The molecule has 1 atom stereocenters.